The first kappa shape index (κ1) is 15.2. The third kappa shape index (κ3) is 4.37. The Morgan fingerprint density at radius 2 is 2.25 bits per heavy atom. The average molecular weight is 251 g/mol. The summed E-state index contributed by atoms with van der Waals surface area (Å²) in [4.78, 5) is 22.6. The summed E-state index contributed by atoms with van der Waals surface area (Å²) >= 11 is 0. The lowest BCUT2D eigenvalue weighted by atomic mass is 9.99. The Kier molecular flexibility index (Phi) is 6.36. The highest BCUT2D eigenvalue weighted by molar-refractivity contribution is 5.85. The minimum Gasteiger partial charge on any atom is -0.462 e. The summed E-state index contributed by atoms with van der Waals surface area (Å²) in [6.45, 7) is 4.22. The van der Waals surface area contributed by atoms with Gasteiger partial charge in [0.15, 0.2) is 0 Å². The van der Waals surface area contributed by atoms with Crippen LogP contribution in [0.1, 0.15) is 26.7 Å². The number of hydrogen-bond donors (Lipinski definition) is 2. The number of hydrogen-bond acceptors (Lipinski definition) is 4. The number of halogens is 1. The van der Waals surface area contributed by atoms with E-state index in [4.69, 9.17) is 10.5 Å². The predicted molar refractivity (Wildman–Crippen MR) is 62.2 cm³/mol. The maximum absolute atomic E-state index is 11.4. The molecule has 1 fully saturated rings. The molecule has 0 aromatic rings. The molecule has 1 rings (SSSR count). The summed E-state index contributed by atoms with van der Waals surface area (Å²) in [6, 6.07) is -0.693. The van der Waals surface area contributed by atoms with Crippen LogP contribution in [0.3, 0.4) is 0 Å². The summed E-state index contributed by atoms with van der Waals surface area (Å²) in [5.74, 6) is -0.577. The van der Waals surface area contributed by atoms with Crippen molar-refractivity contribution in [2.75, 3.05) is 6.54 Å². The van der Waals surface area contributed by atoms with Gasteiger partial charge in [-0.05, 0) is 26.7 Å². The molecule has 0 saturated carbocycles. The summed E-state index contributed by atoms with van der Waals surface area (Å²) < 4.78 is 4.96. The number of carbonyl (C=O) groups excluding carboxylic acids is 2. The second-order valence-corrected chi connectivity index (χ2v) is 4.10. The molecular weight excluding hydrogens is 232 g/mol. The Labute approximate surface area is 101 Å². The summed E-state index contributed by atoms with van der Waals surface area (Å²) in [6.07, 6.45) is 0.958. The fourth-order valence-corrected chi connectivity index (χ4v) is 1.59. The van der Waals surface area contributed by atoms with Crippen molar-refractivity contribution in [3.63, 3.8) is 0 Å². The van der Waals surface area contributed by atoms with Crippen molar-refractivity contribution < 1.29 is 14.3 Å². The van der Waals surface area contributed by atoms with Crippen LogP contribution in [-0.4, -0.2) is 30.6 Å². The summed E-state index contributed by atoms with van der Waals surface area (Å²) in [7, 11) is 0. The van der Waals surface area contributed by atoms with Gasteiger partial charge in [-0.3, -0.25) is 9.59 Å². The van der Waals surface area contributed by atoms with Crippen LogP contribution < -0.4 is 11.1 Å². The Hall–Kier alpha value is -0.810. The molecule has 0 spiro atoms. The molecule has 1 aliphatic heterocycles. The van der Waals surface area contributed by atoms with Crippen molar-refractivity contribution in [3.05, 3.63) is 0 Å². The zero-order chi connectivity index (χ0) is 11.4. The summed E-state index contributed by atoms with van der Waals surface area (Å²) in [5, 5.41) is 2.71. The molecule has 1 heterocycles. The lowest BCUT2D eigenvalue weighted by Crippen LogP contribution is -2.37. The number of esters is 1. The van der Waals surface area contributed by atoms with Gasteiger partial charge in [0.25, 0.3) is 0 Å². The maximum Gasteiger partial charge on any atom is 0.323 e. The van der Waals surface area contributed by atoms with Crippen molar-refractivity contribution in [3.8, 4) is 0 Å². The van der Waals surface area contributed by atoms with Gasteiger partial charge in [-0.1, -0.05) is 0 Å². The van der Waals surface area contributed by atoms with Gasteiger partial charge >= 0.3 is 5.97 Å². The standard InChI is InChI=1S/C10H18N2O3.ClH/c1-6(2)15-10(14)8(11)5-7-3-4-12-9(7)13;/h6-8H,3-5,11H2,1-2H3,(H,12,13);1H/t7-,8-;/m0./s1. The van der Waals surface area contributed by atoms with E-state index < -0.39 is 12.0 Å². The smallest absolute Gasteiger partial charge is 0.323 e. The van der Waals surface area contributed by atoms with Gasteiger partial charge in [0, 0.05) is 12.5 Å². The number of carbonyl (C=O) groups is 2. The van der Waals surface area contributed by atoms with Crippen molar-refractivity contribution in [2.24, 2.45) is 11.7 Å². The number of rotatable bonds is 4. The van der Waals surface area contributed by atoms with Crippen molar-refractivity contribution in [1.82, 2.24) is 5.32 Å². The molecule has 5 nitrogen and oxygen atoms in total. The van der Waals surface area contributed by atoms with Crippen LogP contribution in [0.4, 0.5) is 0 Å². The van der Waals surface area contributed by atoms with E-state index in [0.29, 0.717) is 13.0 Å². The molecule has 2 atom stereocenters. The topological polar surface area (TPSA) is 81.4 Å². The number of ether oxygens (including phenoxy) is 1. The van der Waals surface area contributed by atoms with E-state index in [2.05, 4.69) is 5.32 Å². The number of nitrogens with one attached hydrogen (secondary N) is 1. The Morgan fingerprint density at radius 3 is 2.69 bits per heavy atom. The zero-order valence-electron chi connectivity index (χ0n) is 9.56. The Bertz CT molecular complexity index is 258. The molecule has 0 aliphatic carbocycles. The highest BCUT2D eigenvalue weighted by atomic mass is 35.5. The molecule has 0 unspecified atom stereocenters. The molecule has 1 aliphatic rings. The summed E-state index contributed by atoms with van der Waals surface area (Å²) in [5.41, 5.74) is 5.65. The zero-order valence-corrected chi connectivity index (χ0v) is 10.4. The quantitative estimate of drug-likeness (QED) is 0.699. The highest BCUT2D eigenvalue weighted by Crippen LogP contribution is 2.15. The van der Waals surface area contributed by atoms with Crippen LogP contribution in [0, 0.1) is 5.92 Å². The first-order chi connectivity index (χ1) is 7.00. The van der Waals surface area contributed by atoms with Crippen LogP contribution in [0.15, 0.2) is 0 Å². The Balaban J connectivity index is 0.00000225. The molecule has 1 saturated heterocycles. The minimum absolute atomic E-state index is 0. The first-order valence-corrected chi connectivity index (χ1v) is 5.24. The highest BCUT2D eigenvalue weighted by Gasteiger charge is 2.29. The molecule has 0 radical (unpaired) electrons. The fourth-order valence-electron chi connectivity index (χ4n) is 1.59. The van der Waals surface area contributed by atoms with E-state index in [0.717, 1.165) is 6.42 Å². The minimum atomic E-state index is -0.693. The predicted octanol–water partition coefficient (Wildman–Crippen LogP) is 0.213. The molecule has 0 bridgehead atoms. The lowest BCUT2D eigenvalue weighted by Gasteiger charge is -2.15. The second kappa shape index (κ2) is 6.70. The van der Waals surface area contributed by atoms with Gasteiger partial charge in [-0.2, -0.15) is 0 Å². The molecule has 0 aromatic carbocycles. The van der Waals surface area contributed by atoms with Crippen LogP contribution >= 0.6 is 12.4 Å². The van der Waals surface area contributed by atoms with E-state index in [1.807, 2.05) is 0 Å². The van der Waals surface area contributed by atoms with Crippen LogP contribution in [0.5, 0.6) is 0 Å². The van der Waals surface area contributed by atoms with Gasteiger partial charge in [0.05, 0.1) is 6.10 Å². The average Bonchev–Trinajstić information content (AvgIpc) is 2.50. The third-order valence-corrected chi connectivity index (χ3v) is 2.36. The molecule has 16 heavy (non-hydrogen) atoms. The SMILES string of the molecule is CC(C)OC(=O)[C@@H](N)C[C@@H]1CCNC1=O.Cl. The molecule has 0 aromatic heterocycles. The van der Waals surface area contributed by atoms with Gasteiger partial charge in [0.1, 0.15) is 6.04 Å². The van der Waals surface area contributed by atoms with Crippen LogP contribution in [0.2, 0.25) is 0 Å². The Morgan fingerprint density at radius 1 is 1.62 bits per heavy atom. The third-order valence-electron chi connectivity index (χ3n) is 2.36. The molecular formula is C10H19ClN2O3. The molecule has 94 valence electrons. The van der Waals surface area contributed by atoms with Crippen molar-refractivity contribution in [2.45, 2.75) is 38.8 Å². The van der Waals surface area contributed by atoms with Gasteiger partial charge < -0.3 is 15.8 Å². The number of nitrogens with two attached hydrogens (primary N) is 1. The molecule has 6 heteroatoms. The second-order valence-electron chi connectivity index (χ2n) is 4.10. The monoisotopic (exact) mass is 250 g/mol. The van der Waals surface area contributed by atoms with E-state index in [-0.39, 0.29) is 30.3 Å². The number of amides is 1. The van der Waals surface area contributed by atoms with Crippen LogP contribution in [0.25, 0.3) is 0 Å². The molecule has 1 amide bonds. The van der Waals surface area contributed by atoms with E-state index in [1.165, 1.54) is 0 Å². The van der Waals surface area contributed by atoms with Crippen molar-refractivity contribution in [1.29, 1.82) is 0 Å². The largest absolute Gasteiger partial charge is 0.462 e. The van der Waals surface area contributed by atoms with E-state index in [9.17, 15) is 9.59 Å². The van der Waals surface area contributed by atoms with E-state index >= 15 is 0 Å². The van der Waals surface area contributed by atoms with Gasteiger partial charge in [-0.25, -0.2) is 0 Å². The van der Waals surface area contributed by atoms with Gasteiger partial charge in [-0.15, -0.1) is 12.4 Å². The normalized spacial score (nSPS) is 21.2. The maximum atomic E-state index is 11.4. The van der Waals surface area contributed by atoms with E-state index in [1.54, 1.807) is 13.8 Å². The first-order valence-electron chi connectivity index (χ1n) is 5.24. The lowest BCUT2D eigenvalue weighted by molar-refractivity contribution is -0.149. The molecule has 3 N–H and O–H groups in total. The van der Waals surface area contributed by atoms with Gasteiger partial charge in [0.2, 0.25) is 5.91 Å². The van der Waals surface area contributed by atoms with Crippen molar-refractivity contribution >= 4 is 24.3 Å². The van der Waals surface area contributed by atoms with Crippen LogP contribution in [-0.2, 0) is 14.3 Å². The fraction of sp³-hybridized carbons (Fsp3) is 0.800.